The minimum absolute atomic E-state index is 0.00447. The second-order valence-electron chi connectivity index (χ2n) is 27.6. The molecule has 2 aromatic carbocycles. The van der Waals surface area contributed by atoms with Gasteiger partial charge in [0.15, 0.2) is 0 Å². The minimum atomic E-state index is -1.94. The average molecular weight is 1530 g/mol. The number of nitrogens with one attached hydrogen (secondary N) is 12. The lowest BCUT2D eigenvalue weighted by Gasteiger charge is -2.33. The van der Waals surface area contributed by atoms with Gasteiger partial charge in [-0.2, -0.15) is 0 Å². The highest BCUT2D eigenvalue weighted by Crippen LogP contribution is 2.24. The molecule has 39 nitrogen and oxygen atoms in total. The van der Waals surface area contributed by atoms with Gasteiger partial charge in [-0.15, -0.1) is 0 Å². The molecule has 0 saturated carbocycles. The molecule has 14 amide bonds. The number of phenols is 1. The molecule has 21 N–H and O–H groups in total. The van der Waals surface area contributed by atoms with E-state index in [-0.39, 0.29) is 70.2 Å². The van der Waals surface area contributed by atoms with Crippen molar-refractivity contribution >= 4 is 101 Å². The van der Waals surface area contributed by atoms with Gasteiger partial charge in [0.2, 0.25) is 82.7 Å². The van der Waals surface area contributed by atoms with E-state index >= 15 is 0 Å². The fraction of sp³-hybridized carbons (Fsp3) is 0.543. The van der Waals surface area contributed by atoms with Crippen LogP contribution in [0.1, 0.15) is 117 Å². The summed E-state index contributed by atoms with van der Waals surface area (Å²) in [6.45, 7) is 8.72. The first-order chi connectivity index (χ1) is 51.4. The Morgan fingerprint density at radius 1 is 0.514 bits per heavy atom. The molecule has 2 aliphatic heterocycles. The lowest BCUT2D eigenvalue weighted by Crippen LogP contribution is -2.62. The van der Waals surface area contributed by atoms with Crippen LogP contribution in [-0.4, -0.2) is 251 Å². The van der Waals surface area contributed by atoms with Gasteiger partial charge in [-0.25, -0.2) is 9.78 Å². The van der Waals surface area contributed by atoms with Crippen molar-refractivity contribution in [2.45, 2.75) is 198 Å². The second-order valence-corrected chi connectivity index (χ2v) is 27.6. The van der Waals surface area contributed by atoms with Gasteiger partial charge in [-0.1, -0.05) is 84.0 Å². The van der Waals surface area contributed by atoms with Crippen molar-refractivity contribution in [3.63, 3.8) is 0 Å². The number of aromatic hydroxyl groups is 1. The molecule has 0 aliphatic carbocycles. The number of aliphatic carboxylic acids is 3. The first-order valence-corrected chi connectivity index (χ1v) is 35.4. The summed E-state index contributed by atoms with van der Waals surface area (Å²) in [6.07, 6.45) is -0.0949. The zero-order chi connectivity index (χ0) is 81.1. The van der Waals surface area contributed by atoms with Crippen LogP contribution in [0, 0.1) is 17.8 Å². The number of aromatic nitrogens is 2. The topological polar surface area (TPSA) is 611 Å². The maximum atomic E-state index is 14.9. The van der Waals surface area contributed by atoms with Crippen molar-refractivity contribution in [3.8, 4) is 5.75 Å². The number of aromatic amines is 1. The Hall–Kier alpha value is -11.6. The number of rotatable bonds is 42. The maximum Gasteiger partial charge on any atom is 0.326 e. The summed E-state index contributed by atoms with van der Waals surface area (Å²) < 4.78 is 0. The molecule has 3 aromatic rings. The Morgan fingerprint density at radius 3 is 1.54 bits per heavy atom. The van der Waals surface area contributed by atoms with Crippen LogP contribution in [-0.2, 0) is 101 Å². The molecular formula is C70H99N17O22. The summed E-state index contributed by atoms with van der Waals surface area (Å²) in [5.41, 5.74) is 12.4. The summed E-state index contributed by atoms with van der Waals surface area (Å²) in [7, 11) is 0. The summed E-state index contributed by atoms with van der Waals surface area (Å²) in [6, 6.07) is -5.90. The number of imidazole rings is 1. The third-order valence-electron chi connectivity index (χ3n) is 18.0. The zero-order valence-electron chi connectivity index (χ0n) is 61.4. The number of carbonyl (C=O) groups is 17. The molecule has 596 valence electrons. The molecule has 0 bridgehead atoms. The molecule has 3 heterocycles. The van der Waals surface area contributed by atoms with E-state index in [9.17, 15) is 102 Å². The van der Waals surface area contributed by atoms with E-state index in [0.29, 0.717) is 16.8 Å². The number of carboxylic acid groups (broad SMARTS) is 3. The third-order valence-corrected chi connectivity index (χ3v) is 18.0. The number of aliphatic hydroxyl groups is 1. The lowest BCUT2D eigenvalue weighted by molar-refractivity contribution is -0.144. The van der Waals surface area contributed by atoms with Crippen molar-refractivity contribution < 1.29 is 107 Å². The molecule has 2 fully saturated rings. The van der Waals surface area contributed by atoms with Crippen LogP contribution in [0.3, 0.4) is 0 Å². The predicted molar refractivity (Wildman–Crippen MR) is 382 cm³/mol. The van der Waals surface area contributed by atoms with Crippen LogP contribution in [0.5, 0.6) is 5.75 Å². The number of H-pyrrole nitrogens is 1. The van der Waals surface area contributed by atoms with Gasteiger partial charge in [0.05, 0.1) is 38.4 Å². The summed E-state index contributed by atoms with van der Waals surface area (Å²) in [5.74, 6) is -19.8. The van der Waals surface area contributed by atoms with Crippen molar-refractivity contribution in [1.82, 2.24) is 78.3 Å². The third kappa shape index (κ3) is 27.3. The Labute approximate surface area is 626 Å². The quantitative estimate of drug-likeness (QED) is 0.0252. The monoisotopic (exact) mass is 1530 g/mol. The fourth-order valence-electron chi connectivity index (χ4n) is 11.9. The highest BCUT2D eigenvalue weighted by molar-refractivity contribution is 6.01. The molecular weight excluding hydrogens is 1430 g/mol. The molecule has 0 radical (unpaired) electrons. The normalized spacial score (nSPS) is 17.0. The minimum Gasteiger partial charge on any atom is -0.508 e. The SMILES string of the molecule is CC(C)[C@H](NC(=O)[C@H](CO)NC(=O)[C@H](C)NC(=O)[C@H](CC(=O)O)NC(=O)[C@H](Cc1ccccc1)NC(=O)[C@H](Cc1cnc[nH]1)NC(=O)[C@@H](NC(=O)[C@@H]1CCCN1C(=O)[C@@H](NC(=O)[C@H](Cc1ccc(O)cc1)NC(=O)[C@@H]1CCCN1C(=O)[C@H](CC(N)=O)NC(=O)CNC(=O)[C@@H](N)CCC(=O)O)C(C)C)C(C)C)C(=O)O. The number of nitrogens with zero attached hydrogens (tertiary/aromatic N) is 3. The van der Waals surface area contributed by atoms with Crippen LogP contribution in [0.25, 0.3) is 0 Å². The Balaban J connectivity index is 1.32. The molecule has 1 aromatic heterocycles. The number of hydrogen-bond acceptors (Lipinski definition) is 21. The number of primary amides is 1. The van der Waals surface area contributed by atoms with Crippen molar-refractivity contribution in [2.75, 3.05) is 26.2 Å². The second kappa shape index (κ2) is 42.0. The van der Waals surface area contributed by atoms with E-state index in [0.717, 1.165) is 11.8 Å². The fourth-order valence-corrected chi connectivity index (χ4v) is 11.9. The van der Waals surface area contributed by atoms with Crippen LogP contribution >= 0.6 is 0 Å². The van der Waals surface area contributed by atoms with Crippen LogP contribution < -0.4 is 70.0 Å². The molecule has 39 heteroatoms. The average Bonchev–Trinajstić information content (AvgIpc) is 1.74. The van der Waals surface area contributed by atoms with E-state index in [1.165, 1.54) is 55.5 Å². The van der Waals surface area contributed by atoms with Crippen molar-refractivity contribution in [2.24, 2.45) is 29.2 Å². The summed E-state index contributed by atoms with van der Waals surface area (Å²) >= 11 is 0. The predicted octanol–water partition coefficient (Wildman–Crippen LogP) is -5.30. The van der Waals surface area contributed by atoms with Gasteiger partial charge in [0.25, 0.3) is 0 Å². The molecule has 13 atom stereocenters. The van der Waals surface area contributed by atoms with E-state index in [2.05, 4.69) is 68.5 Å². The standard InChI is InChI=1S/C70H99N17O22/c1-34(2)55(67(105)81-45(27-40-30-73-33-75-40)62(100)78-43(25-38-13-9-8-10-14-38)61(99)79-46(29-54(94)95)60(98)76-37(7)58(96)82-48(32-88)64(102)85-57(36(5)6)70(108)109)83-66(104)50-16-12-24-87(50)69(107)56(35(3)4)84-63(101)44(26-39-17-19-41(89)20-18-39)80-65(103)49-15-11-23-86(49)68(106)47(28-51(72)90)77-52(91)31-74-59(97)42(71)21-22-53(92)93/h8-10,13-14,17-20,30,33-37,42-50,55-57,88-89H,11-12,15-16,21-29,31-32,71H2,1-7H3,(H2,72,90)(H,73,75)(H,74,97)(H,76,98)(H,77,91)(H,78,100)(H,79,99)(H,80,103)(H,81,105)(H,82,96)(H,83,104)(H,84,101)(H,85,102)(H,92,93)(H,94,95)(H,108,109)/t37-,42-,43-,44-,45-,46-,47-,48-,49-,50-,55-,56-,57-/m0/s1. The van der Waals surface area contributed by atoms with Gasteiger partial charge < -0.3 is 110 Å². The van der Waals surface area contributed by atoms with Gasteiger partial charge >= 0.3 is 17.9 Å². The summed E-state index contributed by atoms with van der Waals surface area (Å²) in [4.78, 5) is 238. The Morgan fingerprint density at radius 2 is 1.01 bits per heavy atom. The highest BCUT2D eigenvalue weighted by atomic mass is 16.4. The number of hydrogen-bond donors (Lipinski definition) is 19. The number of nitrogens with two attached hydrogens (primary N) is 2. The number of aliphatic hydroxyl groups excluding tert-OH is 1. The van der Waals surface area contributed by atoms with Crippen molar-refractivity contribution in [3.05, 3.63) is 83.9 Å². The van der Waals surface area contributed by atoms with Crippen LogP contribution in [0.4, 0.5) is 0 Å². The molecule has 2 aliphatic rings. The van der Waals surface area contributed by atoms with E-state index < -0.39 is 229 Å². The lowest BCUT2D eigenvalue weighted by atomic mass is 9.99. The van der Waals surface area contributed by atoms with E-state index in [1.807, 2.05) is 0 Å². The zero-order valence-corrected chi connectivity index (χ0v) is 61.4. The van der Waals surface area contributed by atoms with Gasteiger partial charge in [-0.05, 0) is 80.0 Å². The molecule has 109 heavy (non-hydrogen) atoms. The number of carbonyl (C=O) groups excluding carboxylic acids is 14. The Bertz CT molecular complexity index is 3750. The van der Waals surface area contributed by atoms with Crippen molar-refractivity contribution in [1.29, 1.82) is 0 Å². The molecule has 0 spiro atoms. The number of phenolic OH excluding ortho intramolecular Hbond substituents is 1. The van der Waals surface area contributed by atoms with Gasteiger partial charge in [0, 0.05) is 50.7 Å². The van der Waals surface area contributed by atoms with E-state index in [4.69, 9.17) is 16.6 Å². The number of carboxylic acids is 3. The van der Waals surface area contributed by atoms with Crippen LogP contribution in [0.15, 0.2) is 67.1 Å². The smallest absolute Gasteiger partial charge is 0.326 e. The number of likely N-dealkylation sites (tertiary alicyclic amines) is 2. The molecule has 5 rings (SSSR count). The first kappa shape index (κ1) is 88.0. The van der Waals surface area contributed by atoms with Gasteiger partial charge in [-0.3, -0.25) is 76.7 Å². The highest BCUT2D eigenvalue weighted by Gasteiger charge is 2.44. The van der Waals surface area contributed by atoms with E-state index in [1.54, 1.807) is 58.0 Å². The Kier molecular flexibility index (Phi) is 33.9. The largest absolute Gasteiger partial charge is 0.508 e. The maximum absolute atomic E-state index is 14.9. The first-order valence-electron chi connectivity index (χ1n) is 35.4. The van der Waals surface area contributed by atoms with Crippen LogP contribution in [0.2, 0.25) is 0 Å². The van der Waals surface area contributed by atoms with Gasteiger partial charge in [0.1, 0.15) is 78.3 Å². The molecule has 0 unspecified atom stereocenters. The number of benzene rings is 2. The summed E-state index contributed by atoms with van der Waals surface area (Å²) in [5, 5.41) is 75.3. The number of amides is 14. The molecule has 2 saturated heterocycles.